The minimum atomic E-state index is 0.0445. The van der Waals surface area contributed by atoms with Crippen molar-refractivity contribution in [2.45, 2.75) is 19.3 Å². The molecule has 0 bridgehead atoms. The first kappa shape index (κ1) is 19.5. The van der Waals surface area contributed by atoms with Crippen LogP contribution in [-0.4, -0.2) is 15.5 Å². The molecule has 0 fully saturated rings. The average Bonchev–Trinajstić information content (AvgIpc) is 3.39. The maximum Gasteiger partial charge on any atom is 0.224 e. The van der Waals surface area contributed by atoms with Crippen molar-refractivity contribution < 1.29 is 4.79 Å². The van der Waals surface area contributed by atoms with Crippen molar-refractivity contribution >= 4 is 43.9 Å². The first-order valence-corrected chi connectivity index (χ1v) is 11.3. The van der Waals surface area contributed by atoms with E-state index >= 15 is 0 Å². The molecule has 0 saturated heterocycles. The number of imidazole rings is 1. The van der Waals surface area contributed by atoms with E-state index in [1.165, 1.54) is 37.9 Å². The van der Waals surface area contributed by atoms with E-state index in [1.807, 2.05) is 35.0 Å². The van der Waals surface area contributed by atoms with Gasteiger partial charge in [0.15, 0.2) is 0 Å². The molecular weight excluding hydrogens is 406 g/mol. The highest BCUT2D eigenvalue weighted by Gasteiger charge is 2.11. The molecular formula is C29H23N3O. The molecule has 1 N–H and O–H groups in total. The number of nitrogens with one attached hydrogen (secondary N) is 1. The first-order chi connectivity index (χ1) is 16.3. The van der Waals surface area contributed by atoms with Crippen LogP contribution in [0.15, 0.2) is 97.6 Å². The molecule has 0 spiro atoms. The largest absolute Gasteiger partial charge is 0.326 e. The molecule has 33 heavy (non-hydrogen) atoms. The zero-order chi connectivity index (χ0) is 22.2. The summed E-state index contributed by atoms with van der Waals surface area (Å²) in [5.41, 5.74) is 3.13. The maximum atomic E-state index is 12.5. The van der Waals surface area contributed by atoms with Gasteiger partial charge in [-0.05, 0) is 75.0 Å². The summed E-state index contributed by atoms with van der Waals surface area (Å²) >= 11 is 0. The molecule has 1 heterocycles. The molecule has 1 aromatic heterocycles. The number of hydrogen-bond acceptors (Lipinski definition) is 2. The molecule has 0 radical (unpaired) electrons. The van der Waals surface area contributed by atoms with Crippen LogP contribution < -0.4 is 5.32 Å². The second-order valence-corrected chi connectivity index (χ2v) is 8.50. The van der Waals surface area contributed by atoms with Gasteiger partial charge in [0.1, 0.15) is 0 Å². The van der Waals surface area contributed by atoms with Crippen molar-refractivity contribution in [1.29, 1.82) is 0 Å². The number of nitrogens with zero attached hydrogens (tertiary/aromatic N) is 2. The molecule has 0 saturated carbocycles. The average molecular weight is 430 g/mol. The van der Waals surface area contributed by atoms with Crippen molar-refractivity contribution in [3.05, 3.63) is 103 Å². The van der Waals surface area contributed by atoms with Crippen LogP contribution in [0.4, 0.5) is 5.69 Å². The standard InChI is InChI=1S/C29H23N3O/c33-27(31-24-12-14-25(15-13-24)32-18-17-30-19-32)6-2-3-20-7-8-23-10-9-21-4-1-5-22-11-16-26(20)29(23)28(21)22/h1,4-5,7-19H,2-3,6H2,(H,31,33). The van der Waals surface area contributed by atoms with E-state index < -0.39 is 0 Å². The van der Waals surface area contributed by atoms with E-state index in [9.17, 15) is 4.79 Å². The SMILES string of the molecule is O=C(CCCc1ccc2ccc3cccc4ccc1c2c34)Nc1ccc(-n2ccnc2)cc1. The lowest BCUT2D eigenvalue weighted by Gasteiger charge is -2.14. The number of benzene rings is 5. The predicted molar refractivity (Wildman–Crippen MR) is 135 cm³/mol. The third-order valence-corrected chi connectivity index (χ3v) is 6.42. The van der Waals surface area contributed by atoms with E-state index in [2.05, 4.69) is 64.9 Å². The molecule has 1 amide bonds. The van der Waals surface area contributed by atoms with Crippen LogP contribution in [-0.2, 0) is 11.2 Å². The van der Waals surface area contributed by atoms with Crippen LogP contribution >= 0.6 is 0 Å². The quantitative estimate of drug-likeness (QED) is 0.298. The second kappa shape index (κ2) is 8.06. The third-order valence-electron chi connectivity index (χ3n) is 6.42. The fraction of sp³-hybridized carbons (Fsp3) is 0.103. The van der Waals surface area contributed by atoms with E-state index in [1.54, 1.807) is 12.5 Å². The summed E-state index contributed by atoms with van der Waals surface area (Å²) in [6, 6.07) is 27.6. The number of amides is 1. The van der Waals surface area contributed by atoms with Crippen molar-refractivity contribution in [2.24, 2.45) is 0 Å². The molecule has 4 nitrogen and oxygen atoms in total. The Hall–Kier alpha value is -4.18. The fourth-order valence-corrected chi connectivity index (χ4v) is 4.81. The van der Waals surface area contributed by atoms with Crippen LogP contribution in [0.3, 0.4) is 0 Å². The Morgan fingerprint density at radius 3 is 2.30 bits per heavy atom. The van der Waals surface area contributed by atoms with Crippen LogP contribution in [0.1, 0.15) is 18.4 Å². The second-order valence-electron chi connectivity index (χ2n) is 8.50. The molecule has 6 aromatic rings. The van der Waals surface area contributed by atoms with E-state index in [4.69, 9.17) is 0 Å². The molecule has 0 aliphatic rings. The normalized spacial score (nSPS) is 11.5. The van der Waals surface area contributed by atoms with Crippen molar-refractivity contribution in [1.82, 2.24) is 9.55 Å². The highest BCUT2D eigenvalue weighted by molar-refractivity contribution is 6.23. The van der Waals surface area contributed by atoms with Gasteiger partial charge in [-0.25, -0.2) is 4.98 Å². The van der Waals surface area contributed by atoms with E-state index in [0.717, 1.165) is 24.2 Å². The summed E-state index contributed by atoms with van der Waals surface area (Å²) in [5, 5.41) is 10.8. The van der Waals surface area contributed by atoms with Crippen LogP contribution in [0.5, 0.6) is 0 Å². The Morgan fingerprint density at radius 2 is 1.55 bits per heavy atom. The Kier molecular flexibility index (Phi) is 4.76. The first-order valence-electron chi connectivity index (χ1n) is 11.3. The number of carbonyl (C=O) groups is 1. The molecule has 6 rings (SSSR count). The number of aryl methyl sites for hydroxylation is 1. The molecule has 0 aliphatic carbocycles. The van der Waals surface area contributed by atoms with Gasteiger partial charge >= 0.3 is 0 Å². The van der Waals surface area contributed by atoms with Crippen molar-refractivity contribution in [3.8, 4) is 5.69 Å². The van der Waals surface area contributed by atoms with Gasteiger partial charge in [0.05, 0.1) is 6.33 Å². The Morgan fingerprint density at radius 1 is 0.818 bits per heavy atom. The Labute approximate surface area is 191 Å². The summed E-state index contributed by atoms with van der Waals surface area (Å²) in [6.45, 7) is 0. The highest BCUT2D eigenvalue weighted by atomic mass is 16.1. The highest BCUT2D eigenvalue weighted by Crippen LogP contribution is 2.36. The summed E-state index contributed by atoms with van der Waals surface area (Å²) in [5.74, 6) is 0.0445. The predicted octanol–water partition coefficient (Wildman–Crippen LogP) is 6.73. The van der Waals surface area contributed by atoms with Crippen molar-refractivity contribution in [3.63, 3.8) is 0 Å². The lowest BCUT2D eigenvalue weighted by molar-refractivity contribution is -0.116. The van der Waals surface area contributed by atoms with Crippen LogP contribution in [0.25, 0.3) is 38.0 Å². The molecule has 0 unspecified atom stereocenters. The number of carbonyl (C=O) groups excluding carboxylic acids is 1. The topological polar surface area (TPSA) is 46.9 Å². The molecule has 0 aliphatic heterocycles. The van der Waals surface area contributed by atoms with Gasteiger partial charge in [-0.1, -0.05) is 54.6 Å². The van der Waals surface area contributed by atoms with Gasteiger partial charge < -0.3 is 9.88 Å². The summed E-state index contributed by atoms with van der Waals surface area (Å²) < 4.78 is 1.93. The minimum absolute atomic E-state index is 0.0445. The number of aromatic nitrogens is 2. The smallest absolute Gasteiger partial charge is 0.224 e. The number of rotatable bonds is 6. The zero-order valence-corrected chi connectivity index (χ0v) is 18.2. The minimum Gasteiger partial charge on any atom is -0.326 e. The maximum absolute atomic E-state index is 12.5. The Balaban J connectivity index is 1.15. The van der Waals surface area contributed by atoms with Gasteiger partial charge in [-0.2, -0.15) is 0 Å². The van der Waals surface area contributed by atoms with Gasteiger partial charge in [-0.15, -0.1) is 0 Å². The van der Waals surface area contributed by atoms with Crippen molar-refractivity contribution in [2.75, 3.05) is 5.32 Å². The third kappa shape index (κ3) is 3.60. The van der Waals surface area contributed by atoms with E-state index in [0.29, 0.717) is 6.42 Å². The van der Waals surface area contributed by atoms with Gasteiger partial charge in [0, 0.05) is 30.2 Å². The Bertz CT molecular complexity index is 1550. The lowest BCUT2D eigenvalue weighted by atomic mass is 9.90. The van der Waals surface area contributed by atoms with Crippen LogP contribution in [0, 0.1) is 0 Å². The zero-order valence-electron chi connectivity index (χ0n) is 18.2. The van der Waals surface area contributed by atoms with Gasteiger partial charge in [0.25, 0.3) is 0 Å². The number of anilines is 1. The fourth-order valence-electron chi connectivity index (χ4n) is 4.81. The molecule has 0 atom stereocenters. The number of hydrogen-bond donors (Lipinski definition) is 1. The summed E-state index contributed by atoms with van der Waals surface area (Å²) in [4.78, 5) is 16.6. The monoisotopic (exact) mass is 429 g/mol. The lowest BCUT2D eigenvalue weighted by Crippen LogP contribution is -2.11. The van der Waals surface area contributed by atoms with E-state index in [-0.39, 0.29) is 5.91 Å². The van der Waals surface area contributed by atoms with Crippen LogP contribution in [0.2, 0.25) is 0 Å². The molecule has 160 valence electrons. The summed E-state index contributed by atoms with van der Waals surface area (Å²) in [6.07, 6.45) is 7.57. The molecule has 5 aromatic carbocycles. The summed E-state index contributed by atoms with van der Waals surface area (Å²) in [7, 11) is 0. The van der Waals surface area contributed by atoms with Gasteiger partial charge in [0.2, 0.25) is 5.91 Å². The molecule has 4 heteroatoms. The van der Waals surface area contributed by atoms with Gasteiger partial charge in [-0.3, -0.25) is 4.79 Å².